The molecular formula is C17H22N2O2. The predicted octanol–water partition coefficient (Wildman–Crippen LogP) is 2.90. The average molecular weight is 286 g/mol. The lowest BCUT2D eigenvalue weighted by Crippen LogP contribution is -2.33. The number of carbonyl (C=O) groups is 1. The monoisotopic (exact) mass is 286 g/mol. The van der Waals surface area contributed by atoms with Crippen LogP contribution in [0.5, 0.6) is 0 Å². The lowest BCUT2D eigenvalue weighted by atomic mass is 10.1. The zero-order valence-corrected chi connectivity index (χ0v) is 12.4. The molecule has 112 valence electrons. The van der Waals surface area contributed by atoms with Crippen molar-refractivity contribution in [1.29, 1.82) is 0 Å². The molecule has 0 radical (unpaired) electrons. The number of hydrogen-bond donors (Lipinski definition) is 1. The van der Waals surface area contributed by atoms with E-state index in [1.54, 1.807) is 6.26 Å². The summed E-state index contributed by atoms with van der Waals surface area (Å²) >= 11 is 0. The summed E-state index contributed by atoms with van der Waals surface area (Å²) in [5.74, 6) is 0.940. The maximum Gasteiger partial charge on any atom is 0.227 e. The number of nitrogens with two attached hydrogens (primary N) is 1. The molecule has 0 bridgehead atoms. The first kappa shape index (κ1) is 15.3. The number of benzene rings is 1. The minimum atomic E-state index is 0.101. The fourth-order valence-electron chi connectivity index (χ4n) is 2.19. The van der Waals surface area contributed by atoms with Crippen LogP contribution in [0.4, 0.5) is 5.69 Å². The highest BCUT2D eigenvalue weighted by Crippen LogP contribution is 2.17. The number of hydrogen-bond acceptors (Lipinski definition) is 3. The normalized spacial score (nSPS) is 10.6. The van der Waals surface area contributed by atoms with Crippen molar-refractivity contribution in [2.75, 3.05) is 18.0 Å². The van der Waals surface area contributed by atoms with E-state index in [1.165, 1.54) is 5.56 Å². The van der Waals surface area contributed by atoms with Gasteiger partial charge in [-0.1, -0.05) is 17.7 Å². The second-order valence-corrected chi connectivity index (χ2v) is 5.10. The van der Waals surface area contributed by atoms with Gasteiger partial charge < -0.3 is 15.1 Å². The molecule has 0 fully saturated rings. The molecule has 2 rings (SSSR count). The number of amides is 1. The Labute approximate surface area is 125 Å². The third kappa shape index (κ3) is 4.46. The molecule has 0 aliphatic rings. The van der Waals surface area contributed by atoms with E-state index in [0.29, 0.717) is 25.9 Å². The van der Waals surface area contributed by atoms with Crippen molar-refractivity contribution in [3.63, 3.8) is 0 Å². The van der Waals surface area contributed by atoms with Crippen LogP contribution in [0.2, 0.25) is 0 Å². The van der Waals surface area contributed by atoms with Gasteiger partial charge in [0, 0.05) is 25.1 Å². The summed E-state index contributed by atoms with van der Waals surface area (Å²) in [6.07, 6.45) is 3.48. The van der Waals surface area contributed by atoms with E-state index in [0.717, 1.165) is 17.9 Å². The minimum absolute atomic E-state index is 0.101. The molecule has 0 saturated carbocycles. The predicted molar refractivity (Wildman–Crippen MR) is 84.2 cm³/mol. The van der Waals surface area contributed by atoms with Gasteiger partial charge in [0.05, 0.1) is 6.26 Å². The van der Waals surface area contributed by atoms with Crippen LogP contribution in [-0.2, 0) is 11.2 Å². The molecule has 1 aromatic carbocycles. The molecule has 1 aromatic heterocycles. The summed E-state index contributed by atoms with van der Waals surface area (Å²) < 4.78 is 5.28. The van der Waals surface area contributed by atoms with E-state index in [1.807, 2.05) is 48.2 Å². The Morgan fingerprint density at radius 2 is 2.00 bits per heavy atom. The van der Waals surface area contributed by atoms with Gasteiger partial charge in [0.15, 0.2) is 0 Å². The van der Waals surface area contributed by atoms with Gasteiger partial charge in [0.2, 0.25) is 5.91 Å². The Morgan fingerprint density at radius 1 is 1.24 bits per heavy atom. The first-order chi connectivity index (χ1) is 10.2. The zero-order chi connectivity index (χ0) is 15.1. The van der Waals surface area contributed by atoms with Crippen molar-refractivity contribution in [2.45, 2.75) is 26.2 Å². The van der Waals surface area contributed by atoms with Crippen LogP contribution in [-0.4, -0.2) is 19.0 Å². The van der Waals surface area contributed by atoms with Crippen molar-refractivity contribution in [3.8, 4) is 0 Å². The minimum Gasteiger partial charge on any atom is -0.469 e. The zero-order valence-electron chi connectivity index (χ0n) is 12.4. The Bertz CT molecular complexity index is 547. The second kappa shape index (κ2) is 7.64. The van der Waals surface area contributed by atoms with Gasteiger partial charge in [-0.05, 0) is 44.2 Å². The summed E-state index contributed by atoms with van der Waals surface area (Å²) in [5.41, 5.74) is 7.69. The van der Waals surface area contributed by atoms with Crippen molar-refractivity contribution in [3.05, 3.63) is 54.0 Å². The Kier molecular flexibility index (Phi) is 5.58. The van der Waals surface area contributed by atoms with Crippen molar-refractivity contribution in [2.24, 2.45) is 5.73 Å². The summed E-state index contributed by atoms with van der Waals surface area (Å²) in [5, 5.41) is 0. The van der Waals surface area contributed by atoms with Crippen LogP contribution in [0.1, 0.15) is 24.2 Å². The van der Waals surface area contributed by atoms with Crippen LogP contribution >= 0.6 is 0 Å². The molecule has 0 spiro atoms. The fraction of sp³-hybridized carbons (Fsp3) is 0.353. The van der Waals surface area contributed by atoms with Gasteiger partial charge >= 0.3 is 0 Å². The number of carbonyl (C=O) groups excluding carboxylic acids is 1. The summed E-state index contributed by atoms with van der Waals surface area (Å²) in [4.78, 5) is 14.3. The van der Waals surface area contributed by atoms with Crippen LogP contribution in [0.3, 0.4) is 0 Å². The van der Waals surface area contributed by atoms with E-state index in [2.05, 4.69) is 0 Å². The molecule has 1 amide bonds. The Hall–Kier alpha value is -2.07. The molecule has 21 heavy (non-hydrogen) atoms. The average Bonchev–Trinajstić information content (AvgIpc) is 3.00. The van der Waals surface area contributed by atoms with Gasteiger partial charge in [-0.2, -0.15) is 0 Å². The smallest absolute Gasteiger partial charge is 0.227 e. The van der Waals surface area contributed by atoms with E-state index >= 15 is 0 Å². The van der Waals surface area contributed by atoms with E-state index < -0.39 is 0 Å². The lowest BCUT2D eigenvalue weighted by molar-refractivity contribution is -0.118. The third-order valence-corrected chi connectivity index (χ3v) is 3.40. The largest absolute Gasteiger partial charge is 0.469 e. The summed E-state index contributed by atoms with van der Waals surface area (Å²) in [6, 6.07) is 11.7. The molecule has 0 aliphatic heterocycles. The number of anilines is 1. The number of aryl methyl sites for hydroxylation is 2. The molecule has 0 atom stereocenters. The number of rotatable bonds is 7. The maximum atomic E-state index is 12.5. The van der Waals surface area contributed by atoms with Crippen LogP contribution in [0.25, 0.3) is 0 Å². The van der Waals surface area contributed by atoms with E-state index in [9.17, 15) is 4.79 Å². The Balaban J connectivity index is 2.03. The van der Waals surface area contributed by atoms with Gasteiger partial charge in [-0.3, -0.25) is 4.79 Å². The highest BCUT2D eigenvalue weighted by molar-refractivity contribution is 5.93. The van der Waals surface area contributed by atoms with E-state index in [-0.39, 0.29) is 5.91 Å². The third-order valence-electron chi connectivity index (χ3n) is 3.40. The van der Waals surface area contributed by atoms with Gasteiger partial charge in [0.25, 0.3) is 0 Å². The summed E-state index contributed by atoms with van der Waals surface area (Å²) in [7, 11) is 0. The first-order valence-electron chi connectivity index (χ1n) is 7.30. The molecule has 0 saturated heterocycles. The first-order valence-corrected chi connectivity index (χ1v) is 7.30. The SMILES string of the molecule is Cc1ccc(N(CCCN)C(=O)CCc2ccco2)cc1. The molecule has 2 N–H and O–H groups in total. The van der Waals surface area contributed by atoms with Crippen molar-refractivity contribution < 1.29 is 9.21 Å². The molecule has 2 aromatic rings. The van der Waals surface area contributed by atoms with Crippen LogP contribution in [0.15, 0.2) is 47.1 Å². The molecule has 1 heterocycles. The van der Waals surface area contributed by atoms with Crippen molar-refractivity contribution >= 4 is 11.6 Å². The number of nitrogens with zero attached hydrogens (tertiary/aromatic N) is 1. The van der Waals surface area contributed by atoms with Gasteiger partial charge in [-0.15, -0.1) is 0 Å². The van der Waals surface area contributed by atoms with E-state index in [4.69, 9.17) is 10.2 Å². The topological polar surface area (TPSA) is 59.5 Å². The van der Waals surface area contributed by atoms with Crippen LogP contribution < -0.4 is 10.6 Å². The fourth-order valence-corrected chi connectivity index (χ4v) is 2.19. The highest BCUT2D eigenvalue weighted by atomic mass is 16.3. The molecule has 0 unspecified atom stereocenters. The molecule has 0 aliphatic carbocycles. The highest BCUT2D eigenvalue weighted by Gasteiger charge is 2.15. The maximum absolute atomic E-state index is 12.5. The molecule has 4 nitrogen and oxygen atoms in total. The Morgan fingerprint density at radius 3 is 2.62 bits per heavy atom. The van der Waals surface area contributed by atoms with Gasteiger partial charge in [-0.25, -0.2) is 0 Å². The summed E-state index contributed by atoms with van der Waals surface area (Å²) in [6.45, 7) is 3.26. The quantitative estimate of drug-likeness (QED) is 0.851. The standard InChI is InChI=1S/C17H22N2O2/c1-14-5-7-15(8-6-14)19(12-3-11-18)17(20)10-9-16-4-2-13-21-16/h2,4-8,13H,3,9-12,18H2,1H3. The molecule has 4 heteroatoms. The van der Waals surface area contributed by atoms with Crippen molar-refractivity contribution in [1.82, 2.24) is 0 Å². The van der Waals surface area contributed by atoms with Crippen LogP contribution in [0, 0.1) is 6.92 Å². The second-order valence-electron chi connectivity index (χ2n) is 5.10. The number of furan rings is 1. The van der Waals surface area contributed by atoms with Gasteiger partial charge in [0.1, 0.15) is 5.76 Å². The molecular weight excluding hydrogens is 264 g/mol. The lowest BCUT2D eigenvalue weighted by Gasteiger charge is -2.23.